The summed E-state index contributed by atoms with van der Waals surface area (Å²) in [5, 5.41) is 3.12. The van der Waals surface area contributed by atoms with Gasteiger partial charge in [0.15, 0.2) is 0 Å². The highest BCUT2D eigenvalue weighted by Crippen LogP contribution is 2.42. The first kappa shape index (κ1) is 28.5. The largest absolute Gasteiger partial charge is 0.481 e. The number of anilines is 1. The molecule has 4 aromatic heterocycles. The second kappa shape index (κ2) is 10.4. The first-order valence-electron chi connectivity index (χ1n) is 14.1. The summed E-state index contributed by atoms with van der Waals surface area (Å²) in [5.41, 5.74) is 6.80. The first-order chi connectivity index (χ1) is 21.6. The Morgan fingerprint density at radius 1 is 1.07 bits per heavy atom. The number of nitrogens with zero attached hydrogens (tertiary/aromatic N) is 4. The zero-order valence-electron chi connectivity index (χ0n) is 24.9. The monoisotopic (exact) mass is 625 g/mol. The van der Waals surface area contributed by atoms with Gasteiger partial charge in [0.2, 0.25) is 15.9 Å². The number of methoxy groups -OCH3 is 1. The Morgan fingerprint density at radius 3 is 2.56 bits per heavy atom. The number of fused-ring (bicyclic) bond motifs is 6. The second-order valence-electron chi connectivity index (χ2n) is 10.9. The predicted molar refractivity (Wildman–Crippen MR) is 170 cm³/mol. The van der Waals surface area contributed by atoms with E-state index in [-0.39, 0.29) is 11.3 Å². The number of nitrogens with one attached hydrogen (secondary N) is 1. The standard InChI is InChI=1S/C33H28FN5O5S/c1-35-33(40)30-22-15-21(26(38(2)45(4,41)42)17-28(22)44-32(30)19-5-8-20(34)9-6-19)23-10-7-18-13-14-39-25-11-12-29(43-3)36-24(25)16-27(39)31(18)37-23/h5-12,15-17H,13-14H2,1-4H3,(H,35,40). The average Bonchev–Trinajstić information content (AvgIpc) is 3.61. The molecule has 1 N–H and O–H groups in total. The fraction of sp³-hybridized carbons (Fsp3) is 0.182. The Kier molecular flexibility index (Phi) is 6.62. The van der Waals surface area contributed by atoms with Crippen molar-refractivity contribution in [3.05, 3.63) is 83.7 Å². The fourth-order valence-electron chi connectivity index (χ4n) is 5.90. The number of pyridine rings is 2. The van der Waals surface area contributed by atoms with Crippen LogP contribution in [0.1, 0.15) is 15.9 Å². The SMILES string of the molecule is CNC(=O)c1c(-c2ccc(F)cc2)oc2cc(N(C)S(C)(=O)=O)c(-c3ccc4c(n3)-c3cc5nc(OC)ccc5n3CC4)cc12. The van der Waals surface area contributed by atoms with Crippen molar-refractivity contribution in [3.8, 4) is 39.8 Å². The second-order valence-corrected chi connectivity index (χ2v) is 12.9. The van der Waals surface area contributed by atoms with Crippen molar-refractivity contribution in [2.24, 2.45) is 0 Å². The van der Waals surface area contributed by atoms with Gasteiger partial charge in [-0.2, -0.15) is 0 Å². The lowest BCUT2D eigenvalue weighted by molar-refractivity contribution is 0.0964. The van der Waals surface area contributed by atoms with Crippen LogP contribution >= 0.6 is 0 Å². The van der Waals surface area contributed by atoms with Gasteiger partial charge in [-0.15, -0.1) is 0 Å². The van der Waals surface area contributed by atoms with Crippen molar-refractivity contribution in [2.45, 2.75) is 13.0 Å². The molecule has 0 saturated heterocycles. The Balaban J connectivity index is 1.48. The molecule has 7 rings (SSSR count). The van der Waals surface area contributed by atoms with Crippen molar-refractivity contribution in [1.29, 1.82) is 0 Å². The molecule has 5 heterocycles. The number of rotatable bonds is 6. The highest BCUT2D eigenvalue weighted by Gasteiger charge is 2.28. The van der Waals surface area contributed by atoms with Crippen LogP contribution in [0.15, 0.2) is 71.1 Å². The predicted octanol–water partition coefficient (Wildman–Crippen LogP) is 5.64. The summed E-state index contributed by atoms with van der Waals surface area (Å²) in [6.45, 7) is 0.756. The molecule has 2 aromatic carbocycles. The van der Waals surface area contributed by atoms with Crippen molar-refractivity contribution in [3.63, 3.8) is 0 Å². The molecule has 0 bridgehead atoms. The summed E-state index contributed by atoms with van der Waals surface area (Å²) in [6, 6.07) is 18.6. The summed E-state index contributed by atoms with van der Waals surface area (Å²) < 4.78 is 54.3. The Bertz CT molecular complexity index is 2280. The van der Waals surface area contributed by atoms with Gasteiger partial charge >= 0.3 is 0 Å². The van der Waals surface area contributed by atoms with Gasteiger partial charge in [-0.1, -0.05) is 6.07 Å². The zero-order valence-corrected chi connectivity index (χ0v) is 25.7. The molecule has 0 atom stereocenters. The summed E-state index contributed by atoms with van der Waals surface area (Å²) in [6.07, 6.45) is 1.87. The van der Waals surface area contributed by atoms with Gasteiger partial charge in [0.05, 0.1) is 52.7 Å². The molecule has 0 fully saturated rings. The number of ether oxygens (including phenoxy) is 1. The number of benzene rings is 2. The van der Waals surface area contributed by atoms with E-state index in [1.165, 1.54) is 38.4 Å². The maximum Gasteiger partial charge on any atom is 0.255 e. The number of aryl methyl sites for hydroxylation is 2. The van der Waals surface area contributed by atoms with E-state index in [1.807, 2.05) is 30.3 Å². The van der Waals surface area contributed by atoms with Crippen molar-refractivity contribution >= 4 is 43.6 Å². The number of furan rings is 1. The first-order valence-corrected chi connectivity index (χ1v) is 16.0. The average molecular weight is 626 g/mol. The lowest BCUT2D eigenvalue weighted by Crippen LogP contribution is -2.25. The third-order valence-corrected chi connectivity index (χ3v) is 9.44. The number of carbonyl (C=O) groups excluding carboxylic acids is 1. The lowest BCUT2D eigenvalue weighted by atomic mass is 9.98. The molecule has 0 saturated carbocycles. The normalized spacial score (nSPS) is 12.6. The smallest absolute Gasteiger partial charge is 0.255 e. The molecule has 0 aliphatic carbocycles. The molecule has 6 aromatic rings. The number of hydrogen-bond donors (Lipinski definition) is 1. The highest BCUT2D eigenvalue weighted by molar-refractivity contribution is 7.92. The molecule has 12 heteroatoms. The van der Waals surface area contributed by atoms with E-state index in [0.717, 1.165) is 51.5 Å². The van der Waals surface area contributed by atoms with Crippen LogP contribution in [0.25, 0.3) is 56.0 Å². The number of hydrogen-bond acceptors (Lipinski definition) is 7. The molecular weight excluding hydrogens is 597 g/mol. The third kappa shape index (κ3) is 4.69. The minimum Gasteiger partial charge on any atom is -0.481 e. The number of carbonyl (C=O) groups is 1. The molecule has 1 aliphatic heterocycles. The van der Waals surface area contributed by atoms with Crippen LogP contribution in [0.2, 0.25) is 0 Å². The molecule has 1 amide bonds. The number of halogens is 1. The van der Waals surface area contributed by atoms with E-state index in [0.29, 0.717) is 39.4 Å². The number of amides is 1. The van der Waals surface area contributed by atoms with Crippen molar-refractivity contribution in [2.75, 3.05) is 31.8 Å². The van der Waals surface area contributed by atoms with Gasteiger partial charge in [-0.25, -0.2) is 22.8 Å². The van der Waals surface area contributed by atoms with Crippen molar-refractivity contribution in [1.82, 2.24) is 19.9 Å². The van der Waals surface area contributed by atoms with Gasteiger partial charge < -0.3 is 19.0 Å². The molecule has 0 unspecified atom stereocenters. The quantitative estimate of drug-likeness (QED) is 0.255. The Labute approximate surface area is 258 Å². The van der Waals surface area contributed by atoms with Crippen molar-refractivity contribution < 1.29 is 26.8 Å². The van der Waals surface area contributed by atoms with Crippen LogP contribution in [0, 0.1) is 5.82 Å². The van der Waals surface area contributed by atoms with Crippen LogP contribution < -0.4 is 14.4 Å². The topological polar surface area (TPSA) is 120 Å². The van der Waals surface area contributed by atoms with Gasteiger partial charge in [0, 0.05) is 49.3 Å². The maximum atomic E-state index is 13.7. The van der Waals surface area contributed by atoms with Crippen LogP contribution in [-0.4, -0.2) is 56.3 Å². The minimum absolute atomic E-state index is 0.236. The minimum atomic E-state index is -3.71. The maximum absolute atomic E-state index is 13.7. The highest BCUT2D eigenvalue weighted by atomic mass is 32.2. The number of aromatic nitrogens is 3. The molecule has 45 heavy (non-hydrogen) atoms. The summed E-state index contributed by atoms with van der Waals surface area (Å²) in [7, 11) is 0.837. The van der Waals surface area contributed by atoms with E-state index in [1.54, 1.807) is 19.2 Å². The van der Waals surface area contributed by atoms with Crippen LogP contribution in [0.3, 0.4) is 0 Å². The molecular formula is C33H28FN5O5S. The molecule has 228 valence electrons. The lowest BCUT2D eigenvalue weighted by Gasteiger charge is -2.22. The fourth-order valence-corrected chi connectivity index (χ4v) is 6.40. The van der Waals surface area contributed by atoms with Crippen LogP contribution in [-0.2, 0) is 23.0 Å². The van der Waals surface area contributed by atoms with E-state index in [4.69, 9.17) is 14.1 Å². The van der Waals surface area contributed by atoms with Gasteiger partial charge in [0.25, 0.3) is 5.91 Å². The molecule has 0 radical (unpaired) electrons. The Hall–Kier alpha value is -5.23. The van der Waals surface area contributed by atoms with E-state index in [2.05, 4.69) is 14.9 Å². The van der Waals surface area contributed by atoms with Gasteiger partial charge in [-0.3, -0.25) is 9.10 Å². The van der Waals surface area contributed by atoms with Crippen LogP contribution in [0.5, 0.6) is 5.88 Å². The zero-order chi connectivity index (χ0) is 31.6. The molecule has 10 nitrogen and oxygen atoms in total. The van der Waals surface area contributed by atoms with E-state index >= 15 is 0 Å². The summed E-state index contributed by atoms with van der Waals surface area (Å²) in [5.74, 6) is -0.0845. The summed E-state index contributed by atoms with van der Waals surface area (Å²) >= 11 is 0. The van der Waals surface area contributed by atoms with Gasteiger partial charge in [0.1, 0.15) is 17.2 Å². The molecule has 0 spiro atoms. The van der Waals surface area contributed by atoms with Gasteiger partial charge in [-0.05, 0) is 60.5 Å². The van der Waals surface area contributed by atoms with E-state index < -0.39 is 21.7 Å². The Morgan fingerprint density at radius 2 is 1.84 bits per heavy atom. The number of sulfonamides is 1. The van der Waals surface area contributed by atoms with Crippen LogP contribution in [0.4, 0.5) is 10.1 Å². The third-order valence-electron chi connectivity index (χ3n) is 8.25. The van der Waals surface area contributed by atoms with E-state index in [9.17, 15) is 17.6 Å². The molecule has 1 aliphatic rings. The summed E-state index contributed by atoms with van der Waals surface area (Å²) in [4.78, 5) is 22.9.